The highest BCUT2D eigenvalue weighted by Gasteiger charge is 2.28. The number of hydrogen-bond donors (Lipinski definition) is 1. The van der Waals surface area contributed by atoms with Gasteiger partial charge >= 0.3 is 12.1 Å². The summed E-state index contributed by atoms with van der Waals surface area (Å²) in [6.07, 6.45) is -0.228. The number of rotatable bonds is 1. The van der Waals surface area contributed by atoms with E-state index in [1.165, 1.54) is 12.0 Å². The number of urea groups is 1. The van der Waals surface area contributed by atoms with E-state index >= 15 is 0 Å². The average molecular weight is 357 g/mol. The van der Waals surface area contributed by atoms with Crippen LogP contribution in [0.4, 0.5) is 15.3 Å². The number of anilines is 1. The van der Waals surface area contributed by atoms with Crippen molar-refractivity contribution in [2.24, 2.45) is 0 Å². The van der Waals surface area contributed by atoms with E-state index in [1.807, 2.05) is 39.8 Å². The second-order valence-corrected chi connectivity index (χ2v) is 7.54. The van der Waals surface area contributed by atoms with E-state index in [2.05, 4.69) is 5.32 Å². The zero-order valence-electron chi connectivity index (χ0n) is 15.7. The van der Waals surface area contributed by atoms with Gasteiger partial charge in [-0.05, 0) is 30.7 Å². The predicted molar refractivity (Wildman–Crippen MR) is 98.7 cm³/mol. The first-order valence-corrected chi connectivity index (χ1v) is 8.49. The van der Waals surface area contributed by atoms with Crippen LogP contribution in [-0.2, 0) is 14.9 Å². The summed E-state index contributed by atoms with van der Waals surface area (Å²) in [6.45, 7) is 8.33. The molecule has 3 amide bonds. The quantitative estimate of drug-likeness (QED) is 0.849. The highest BCUT2D eigenvalue weighted by Crippen LogP contribution is 2.34. The fraction of sp³-hybridized carbons (Fsp3) is 0.421. The molecule has 0 unspecified atom stereocenters. The van der Waals surface area contributed by atoms with Crippen LogP contribution in [-0.4, -0.2) is 36.3 Å². The van der Waals surface area contributed by atoms with Crippen LogP contribution in [0.1, 0.15) is 38.4 Å². The number of imide groups is 1. The van der Waals surface area contributed by atoms with Gasteiger partial charge in [0.25, 0.3) is 0 Å². The Bertz CT molecular complexity index is 921. The van der Waals surface area contributed by atoms with Crippen LogP contribution in [0.2, 0.25) is 0 Å². The van der Waals surface area contributed by atoms with Gasteiger partial charge in [-0.1, -0.05) is 20.8 Å². The first kappa shape index (κ1) is 18.0. The third-order valence-corrected chi connectivity index (χ3v) is 4.60. The molecule has 138 valence electrons. The van der Waals surface area contributed by atoms with E-state index in [0.717, 1.165) is 16.6 Å². The molecule has 1 aliphatic rings. The van der Waals surface area contributed by atoms with Crippen molar-refractivity contribution in [3.63, 3.8) is 0 Å². The average Bonchev–Trinajstić information content (AvgIpc) is 2.94. The summed E-state index contributed by atoms with van der Waals surface area (Å²) in [6, 6.07) is 5.23. The number of ether oxygens (including phenoxy) is 1. The Morgan fingerprint density at radius 3 is 2.46 bits per heavy atom. The first-order chi connectivity index (χ1) is 12.1. The summed E-state index contributed by atoms with van der Waals surface area (Å²) >= 11 is 0. The number of nitrogens with one attached hydrogen (secondary N) is 1. The molecule has 0 aliphatic carbocycles. The largest absolute Gasteiger partial charge is 0.452 e. The maximum atomic E-state index is 12.5. The van der Waals surface area contributed by atoms with E-state index in [9.17, 15) is 14.4 Å². The predicted octanol–water partition coefficient (Wildman–Crippen LogP) is 3.31. The van der Waals surface area contributed by atoms with Crippen LogP contribution < -0.4 is 10.2 Å². The Morgan fingerprint density at radius 2 is 1.88 bits per heavy atom. The van der Waals surface area contributed by atoms with E-state index in [1.54, 1.807) is 10.6 Å². The standard InChI is InChI=1S/C19H23N3O4/c1-11-8-12(21-7-6-16(23)20-17(21)24)9-14-13(11)10-15(19(2,3)4)22(14)18(25)26-5/h8-10H,6-7H2,1-5H3,(H,20,23,24). The Hall–Kier alpha value is -2.83. The molecular formula is C19H23N3O4. The Kier molecular flexibility index (Phi) is 4.26. The molecule has 7 heteroatoms. The second kappa shape index (κ2) is 6.16. The third-order valence-electron chi connectivity index (χ3n) is 4.60. The Labute approximate surface area is 151 Å². The molecule has 7 nitrogen and oxygen atoms in total. The fourth-order valence-corrected chi connectivity index (χ4v) is 3.27. The third kappa shape index (κ3) is 2.94. The molecule has 1 saturated heterocycles. The fourth-order valence-electron chi connectivity index (χ4n) is 3.27. The lowest BCUT2D eigenvalue weighted by molar-refractivity contribution is -0.120. The van der Waals surface area contributed by atoms with Crippen LogP contribution in [0, 0.1) is 6.92 Å². The van der Waals surface area contributed by atoms with Gasteiger partial charge < -0.3 is 4.74 Å². The van der Waals surface area contributed by atoms with Crippen molar-refractivity contribution in [3.05, 3.63) is 29.5 Å². The molecule has 3 rings (SSSR count). The van der Waals surface area contributed by atoms with Crippen LogP contribution >= 0.6 is 0 Å². The number of benzene rings is 1. The molecule has 0 radical (unpaired) electrons. The van der Waals surface area contributed by atoms with Crippen molar-refractivity contribution in [2.45, 2.75) is 39.5 Å². The topological polar surface area (TPSA) is 80.6 Å². The maximum absolute atomic E-state index is 12.5. The minimum Gasteiger partial charge on any atom is -0.452 e. The van der Waals surface area contributed by atoms with E-state index < -0.39 is 12.1 Å². The minimum atomic E-state index is -0.472. The van der Waals surface area contributed by atoms with Crippen molar-refractivity contribution in [1.29, 1.82) is 0 Å². The smallest absolute Gasteiger partial charge is 0.418 e. The number of aromatic nitrogens is 1. The lowest BCUT2D eigenvalue weighted by Crippen LogP contribution is -2.49. The van der Waals surface area contributed by atoms with E-state index in [0.29, 0.717) is 17.7 Å². The summed E-state index contributed by atoms with van der Waals surface area (Å²) in [5.41, 5.74) is 2.83. The van der Waals surface area contributed by atoms with Gasteiger partial charge in [0.15, 0.2) is 0 Å². The molecule has 2 aromatic rings. The van der Waals surface area contributed by atoms with Crippen LogP contribution in [0.25, 0.3) is 10.9 Å². The van der Waals surface area contributed by atoms with Gasteiger partial charge in [-0.25, -0.2) is 14.2 Å². The number of aryl methyl sites for hydroxylation is 1. The number of carbonyl (C=O) groups is 3. The molecule has 1 aromatic heterocycles. The van der Waals surface area contributed by atoms with Gasteiger partial charge in [0.1, 0.15) is 0 Å². The number of carbonyl (C=O) groups excluding carboxylic acids is 3. The number of nitrogens with zero attached hydrogens (tertiary/aromatic N) is 2. The number of methoxy groups -OCH3 is 1. The number of fused-ring (bicyclic) bond motifs is 1. The lowest BCUT2D eigenvalue weighted by Gasteiger charge is -2.27. The summed E-state index contributed by atoms with van der Waals surface area (Å²) in [7, 11) is 1.35. The SMILES string of the molecule is COC(=O)n1c(C(C)(C)C)cc2c(C)cc(N3CCC(=O)NC3=O)cc21. The molecule has 0 bridgehead atoms. The molecule has 1 N–H and O–H groups in total. The van der Waals surface area contributed by atoms with Gasteiger partial charge in [-0.15, -0.1) is 0 Å². The molecule has 2 heterocycles. The molecular weight excluding hydrogens is 334 g/mol. The van der Waals surface area contributed by atoms with Gasteiger partial charge in [0.05, 0.1) is 12.6 Å². The van der Waals surface area contributed by atoms with Crippen molar-refractivity contribution in [3.8, 4) is 0 Å². The molecule has 1 fully saturated rings. The summed E-state index contributed by atoms with van der Waals surface area (Å²) < 4.78 is 6.54. The summed E-state index contributed by atoms with van der Waals surface area (Å²) in [4.78, 5) is 37.6. The molecule has 0 spiro atoms. The first-order valence-electron chi connectivity index (χ1n) is 8.49. The van der Waals surface area contributed by atoms with Crippen LogP contribution in [0.3, 0.4) is 0 Å². The number of amides is 3. The van der Waals surface area contributed by atoms with Gasteiger partial charge in [0.2, 0.25) is 5.91 Å². The zero-order chi connectivity index (χ0) is 19.2. The molecule has 0 saturated carbocycles. The van der Waals surface area contributed by atoms with Crippen LogP contribution in [0.5, 0.6) is 0 Å². The maximum Gasteiger partial charge on any atom is 0.418 e. The second-order valence-electron chi connectivity index (χ2n) is 7.54. The molecule has 26 heavy (non-hydrogen) atoms. The minimum absolute atomic E-state index is 0.244. The highest BCUT2D eigenvalue weighted by molar-refractivity contribution is 6.07. The summed E-state index contributed by atoms with van der Waals surface area (Å²) in [5, 5.41) is 3.25. The molecule has 1 aliphatic heterocycles. The van der Waals surface area contributed by atoms with Crippen molar-refractivity contribution in [1.82, 2.24) is 9.88 Å². The normalized spacial score (nSPS) is 15.3. The van der Waals surface area contributed by atoms with E-state index in [-0.39, 0.29) is 17.7 Å². The monoisotopic (exact) mass is 357 g/mol. The van der Waals surface area contributed by atoms with Crippen molar-refractivity contribution >= 4 is 34.6 Å². The van der Waals surface area contributed by atoms with E-state index in [4.69, 9.17) is 4.74 Å². The zero-order valence-corrected chi connectivity index (χ0v) is 15.7. The number of hydrogen-bond acceptors (Lipinski definition) is 4. The molecule has 1 aromatic carbocycles. The Morgan fingerprint density at radius 1 is 1.19 bits per heavy atom. The molecule has 0 atom stereocenters. The highest BCUT2D eigenvalue weighted by atomic mass is 16.5. The van der Waals surface area contributed by atoms with Gasteiger partial charge in [-0.2, -0.15) is 0 Å². The van der Waals surface area contributed by atoms with Gasteiger partial charge in [-0.3, -0.25) is 15.0 Å². The van der Waals surface area contributed by atoms with Crippen molar-refractivity contribution < 1.29 is 19.1 Å². The summed E-state index contributed by atoms with van der Waals surface area (Å²) in [5.74, 6) is -0.281. The lowest BCUT2D eigenvalue weighted by atomic mass is 9.92. The van der Waals surface area contributed by atoms with Gasteiger partial charge in [0, 0.05) is 35.1 Å². The van der Waals surface area contributed by atoms with Crippen LogP contribution in [0.15, 0.2) is 18.2 Å². The van der Waals surface area contributed by atoms with Crippen molar-refractivity contribution in [2.75, 3.05) is 18.6 Å². The Balaban J connectivity index is 2.22.